The summed E-state index contributed by atoms with van der Waals surface area (Å²) >= 11 is 1.32. The number of Topliss-reactive ketones (excluding diaryl/α,β-unsaturated/α-hetero) is 1. The quantitative estimate of drug-likeness (QED) is 0.420. The van der Waals surface area contributed by atoms with Crippen LogP contribution in [0.3, 0.4) is 0 Å². The molecule has 184 valence electrons. The maximum atomic E-state index is 13.2. The maximum absolute atomic E-state index is 13.2. The van der Waals surface area contributed by atoms with E-state index in [1.165, 1.54) is 18.3 Å². The largest absolute Gasteiger partial charge is 0.477 e. The van der Waals surface area contributed by atoms with Gasteiger partial charge in [0.25, 0.3) is 0 Å². The molecule has 34 heavy (non-hydrogen) atoms. The Hall–Kier alpha value is -2.47. The predicted octanol–water partition coefficient (Wildman–Crippen LogP) is 6.22. The number of aromatic carboxylic acids is 1. The molecule has 4 unspecified atom stereocenters. The SMILES string of the molecule is CC(=O)NC1CC(C)CCC1C(=O)CCC(Cc1cc(-c2ccccc2)sc1C(=O)O)C(C)C. The Kier molecular flexibility index (Phi) is 9.06. The zero-order valence-electron chi connectivity index (χ0n) is 20.7. The third kappa shape index (κ3) is 6.78. The topological polar surface area (TPSA) is 83.5 Å². The lowest BCUT2D eigenvalue weighted by Crippen LogP contribution is -2.46. The molecule has 5 nitrogen and oxygen atoms in total. The Morgan fingerprint density at radius 2 is 1.85 bits per heavy atom. The summed E-state index contributed by atoms with van der Waals surface area (Å²) in [6.45, 7) is 7.97. The van der Waals surface area contributed by atoms with Gasteiger partial charge in [-0.05, 0) is 67.1 Å². The Morgan fingerprint density at radius 3 is 2.47 bits per heavy atom. The molecule has 0 saturated heterocycles. The second kappa shape index (κ2) is 11.8. The van der Waals surface area contributed by atoms with E-state index >= 15 is 0 Å². The van der Waals surface area contributed by atoms with Gasteiger partial charge in [0.1, 0.15) is 10.7 Å². The van der Waals surface area contributed by atoms with Gasteiger partial charge in [-0.15, -0.1) is 11.3 Å². The first-order valence-electron chi connectivity index (χ1n) is 12.4. The molecule has 0 spiro atoms. The molecular formula is C28H37NO4S. The monoisotopic (exact) mass is 483 g/mol. The van der Waals surface area contributed by atoms with Crippen molar-refractivity contribution in [1.82, 2.24) is 5.32 Å². The van der Waals surface area contributed by atoms with Crippen molar-refractivity contribution in [2.75, 3.05) is 0 Å². The van der Waals surface area contributed by atoms with Crippen LogP contribution in [-0.4, -0.2) is 28.8 Å². The molecule has 0 aliphatic heterocycles. The van der Waals surface area contributed by atoms with Crippen molar-refractivity contribution < 1.29 is 19.5 Å². The van der Waals surface area contributed by atoms with Crippen LogP contribution in [0.1, 0.15) is 75.0 Å². The van der Waals surface area contributed by atoms with E-state index in [1.54, 1.807) is 0 Å². The van der Waals surface area contributed by atoms with Gasteiger partial charge < -0.3 is 10.4 Å². The lowest BCUT2D eigenvalue weighted by Gasteiger charge is -2.34. The van der Waals surface area contributed by atoms with Gasteiger partial charge in [0, 0.05) is 30.2 Å². The molecule has 6 heteroatoms. The van der Waals surface area contributed by atoms with Crippen LogP contribution in [0.2, 0.25) is 0 Å². The lowest BCUT2D eigenvalue weighted by atomic mass is 9.75. The summed E-state index contributed by atoms with van der Waals surface area (Å²) in [6.07, 6.45) is 4.53. The van der Waals surface area contributed by atoms with Crippen LogP contribution >= 0.6 is 11.3 Å². The molecule has 4 atom stereocenters. The summed E-state index contributed by atoms with van der Waals surface area (Å²) in [7, 11) is 0. The number of nitrogens with one attached hydrogen (secondary N) is 1. The molecule has 1 heterocycles. The highest BCUT2D eigenvalue weighted by molar-refractivity contribution is 7.17. The molecule has 1 aliphatic carbocycles. The predicted molar refractivity (Wildman–Crippen MR) is 137 cm³/mol. The van der Waals surface area contributed by atoms with E-state index in [-0.39, 0.29) is 29.6 Å². The number of rotatable bonds is 10. The fourth-order valence-corrected chi connectivity index (χ4v) is 6.20. The highest BCUT2D eigenvalue weighted by Crippen LogP contribution is 2.36. The Morgan fingerprint density at radius 1 is 1.15 bits per heavy atom. The number of ketones is 1. The number of carbonyl (C=O) groups excluding carboxylic acids is 2. The van der Waals surface area contributed by atoms with E-state index in [0.29, 0.717) is 29.6 Å². The van der Waals surface area contributed by atoms with Crippen molar-refractivity contribution in [3.05, 3.63) is 46.8 Å². The maximum Gasteiger partial charge on any atom is 0.346 e. The van der Waals surface area contributed by atoms with Gasteiger partial charge in [-0.3, -0.25) is 9.59 Å². The molecule has 1 amide bonds. The first-order valence-corrected chi connectivity index (χ1v) is 13.2. The molecule has 3 rings (SSSR count). The van der Waals surface area contributed by atoms with Gasteiger partial charge in [0.05, 0.1) is 0 Å². The molecule has 0 bridgehead atoms. The molecule has 1 aromatic carbocycles. The third-order valence-electron chi connectivity index (χ3n) is 7.16. The standard InChI is InChI=1S/C28H37NO4S/c1-17(2)21(11-13-25(31)23-12-10-18(3)14-24(23)29-19(4)30)15-22-16-26(34-27(22)28(32)33)20-8-6-5-7-9-20/h5-9,16-18,21,23-24H,10-15H2,1-4H3,(H,29,30)(H,32,33). The van der Waals surface area contributed by atoms with E-state index < -0.39 is 5.97 Å². The fourth-order valence-electron chi connectivity index (χ4n) is 5.16. The highest BCUT2D eigenvalue weighted by Gasteiger charge is 2.34. The minimum atomic E-state index is -0.893. The number of thiophene rings is 1. The van der Waals surface area contributed by atoms with Crippen LogP contribution in [0.15, 0.2) is 36.4 Å². The third-order valence-corrected chi connectivity index (χ3v) is 8.38. The minimum absolute atomic E-state index is 0.0739. The number of carboxylic acids is 1. The minimum Gasteiger partial charge on any atom is -0.477 e. The van der Waals surface area contributed by atoms with Crippen LogP contribution in [0, 0.1) is 23.7 Å². The first kappa shape index (κ1) is 26.1. The van der Waals surface area contributed by atoms with Crippen molar-refractivity contribution in [2.45, 2.75) is 72.3 Å². The van der Waals surface area contributed by atoms with Crippen molar-refractivity contribution in [1.29, 1.82) is 0 Å². The van der Waals surface area contributed by atoms with E-state index in [2.05, 4.69) is 26.1 Å². The smallest absolute Gasteiger partial charge is 0.346 e. The van der Waals surface area contributed by atoms with Gasteiger partial charge in [0.2, 0.25) is 5.91 Å². The van der Waals surface area contributed by atoms with Gasteiger partial charge in [-0.25, -0.2) is 4.79 Å². The molecule has 1 aliphatic rings. The normalized spacial score (nSPS) is 21.3. The first-order chi connectivity index (χ1) is 16.2. The molecule has 1 aromatic heterocycles. The number of benzene rings is 1. The average Bonchev–Trinajstić information content (AvgIpc) is 3.21. The zero-order chi connectivity index (χ0) is 24.8. The summed E-state index contributed by atoms with van der Waals surface area (Å²) in [5.74, 6) is 0.184. The van der Waals surface area contributed by atoms with E-state index in [0.717, 1.165) is 41.7 Å². The Bertz CT molecular complexity index is 997. The van der Waals surface area contributed by atoms with E-state index in [1.807, 2.05) is 36.4 Å². The molecule has 1 fully saturated rings. The van der Waals surface area contributed by atoms with Crippen molar-refractivity contribution in [2.24, 2.45) is 23.7 Å². The van der Waals surface area contributed by atoms with E-state index in [4.69, 9.17) is 0 Å². The number of hydrogen-bond donors (Lipinski definition) is 2. The molecule has 1 saturated carbocycles. The lowest BCUT2D eigenvalue weighted by molar-refractivity contribution is -0.126. The van der Waals surface area contributed by atoms with Gasteiger partial charge in [-0.2, -0.15) is 0 Å². The average molecular weight is 484 g/mol. The summed E-state index contributed by atoms with van der Waals surface area (Å²) in [6, 6.07) is 11.8. The molecular weight excluding hydrogens is 446 g/mol. The van der Waals surface area contributed by atoms with Crippen LogP contribution in [0.5, 0.6) is 0 Å². The number of carboxylic acid groups (broad SMARTS) is 1. The highest BCUT2D eigenvalue weighted by atomic mass is 32.1. The molecule has 2 aromatic rings. The molecule has 2 N–H and O–H groups in total. The summed E-state index contributed by atoms with van der Waals surface area (Å²) in [4.78, 5) is 38.2. The van der Waals surface area contributed by atoms with Crippen LogP contribution in [0.4, 0.5) is 0 Å². The number of amides is 1. The van der Waals surface area contributed by atoms with Gasteiger partial charge >= 0.3 is 5.97 Å². The van der Waals surface area contributed by atoms with Crippen LogP contribution in [0.25, 0.3) is 10.4 Å². The van der Waals surface area contributed by atoms with Crippen molar-refractivity contribution >= 4 is 29.0 Å². The second-order valence-corrected chi connectivity index (χ2v) is 11.2. The Labute approximate surface area is 207 Å². The fraction of sp³-hybridized carbons (Fsp3) is 0.536. The second-order valence-electron chi connectivity index (χ2n) is 10.2. The Balaban J connectivity index is 1.71. The summed E-state index contributed by atoms with van der Waals surface area (Å²) in [5.41, 5.74) is 1.87. The van der Waals surface area contributed by atoms with E-state index in [9.17, 15) is 19.5 Å². The van der Waals surface area contributed by atoms with Crippen molar-refractivity contribution in [3.63, 3.8) is 0 Å². The molecule has 0 radical (unpaired) electrons. The number of hydrogen-bond acceptors (Lipinski definition) is 4. The summed E-state index contributed by atoms with van der Waals surface area (Å²) < 4.78 is 0. The van der Waals surface area contributed by atoms with Crippen LogP contribution < -0.4 is 5.32 Å². The van der Waals surface area contributed by atoms with Crippen LogP contribution in [-0.2, 0) is 16.0 Å². The summed E-state index contributed by atoms with van der Waals surface area (Å²) in [5, 5.41) is 12.8. The van der Waals surface area contributed by atoms with Gasteiger partial charge in [-0.1, -0.05) is 51.1 Å². The number of carbonyl (C=O) groups is 3. The van der Waals surface area contributed by atoms with Crippen molar-refractivity contribution in [3.8, 4) is 10.4 Å². The van der Waals surface area contributed by atoms with Gasteiger partial charge in [0.15, 0.2) is 0 Å². The zero-order valence-corrected chi connectivity index (χ0v) is 21.5.